The van der Waals surface area contributed by atoms with Crippen LogP contribution >= 0.6 is 0 Å². The molecule has 2 fully saturated rings. The van der Waals surface area contributed by atoms with Crippen molar-refractivity contribution in [3.8, 4) is 0 Å². The molecule has 0 spiro atoms. The van der Waals surface area contributed by atoms with Crippen LogP contribution in [0.4, 0.5) is 4.79 Å². The molecule has 5 N–H and O–H groups in total. The fourth-order valence-electron chi connectivity index (χ4n) is 4.67. The minimum Gasteiger partial charge on any atom is -0.363 e. The molecule has 2 aliphatic rings. The number of nitrogens with one attached hydrogen (secondary N) is 3. The van der Waals surface area contributed by atoms with Gasteiger partial charge >= 0.3 is 6.03 Å². The van der Waals surface area contributed by atoms with Crippen molar-refractivity contribution in [3.63, 3.8) is 0 Å². The van der Waals surface area contributed by atoms with Gasteiger partial charge < -0.3 is 31.5 Å². The number of hydrogen-bond acceptors (Lipinski definition) is 6. The number of primary amides is 1. The highest BCUT2D eigenvalue weighted by Crippen LogP contribution is 2.31. The molecule has 1 aliphatic carbocycles. The van der Waals surface area contributed by atoms with E-state index in [0.717, 1.165) is 19.3 Å². The maximum atomic E-state index is 13.6. The number of urea groups is 1. The Kier molecular flexibility index (Phi) is 10.0. The van der Waals surface area contributed by atoms with Gasteiger partial charge in [0, 0.05) is 20.6 Å². The van der Waals surface area contributed by atoms with Gasteiger partial charge in [0.2, 0.25) is 23.5 Å². The first-order valence-electron chi connectivity index (χ1n) is 12.9. The molecule has 0 aromatic rings. The third kappa shape index (κ3) is 7.90. The average molecular weight is 523 g/mol. The van der Waals surface area contributed by atoms with Gasteiger partial charge in [-0.05, 0) is 37.5 Å². The van der Waals surface area contributed by atoms with Gasteiger partial charge in [0.25, 0.3) is 5.91 Å². The van der Waals surface area contributed by atoms with Crippen LogP contribution in [0.5, 0.6) is 0 Å². The smallest absolute Gasteiger partial charge is 0.316 e. The molecule has 2 rings (SSSR count). The number of ketones is 1. The molecular formula is C25H42N6O6. The van der Waals surface area contributed by atoms with Crippen LogP contribution < -0.4 is 21.7 Å². The Morgan fingerprint density at radius 3 is 2.08 bits per heavy atom. The van der Waals surface area contributed by atoms with Crippen LogP contribution in [0.3, 0.4) is 0 Å². The van der Waals surface area contributed by atoms with Gasteiger partial charge in [0.05, 0.1) is 6.04 Å². The van der Waals surface area contributed by atoms with E-state index < -0.39 is 59.1 Å². The van der Waals surface area contributed by atoms with E-state index in [0.29, 0.717) is 25.8 Å². The average Bonchev–Trinajstić information content (AvgIpc) is 3.26. The summed E-state index contributed by atoms with van der Waals surface area (Å²) in [5, 5.41) is 7.89. The number of rotatable bonds is 10. The maximum absolute atomic E-state index is 13.6. The van der Waals surface area contributed by atoms with E-state index in [-0.39, 0.29) is 11.8 Å². The number of hydrogen-bond donors (Lipinski definition) is 4. The Hall–Kier alpha value is -3.18. The highest BCUT2D eigenvalue weighted by molar-refractivity contribution is 6.37. The second-order valence-electron chi connectivity index (χ2n) is 11.4. The van der Waals surface area contributed by atoms with Gasteiger partial charge in [0.1, 0.15) is 18.1 Å². The predicted octanol–water partition coefficient (Wildman–Crippen LogP) is -0.103. The standard InChI is InChI=1S/C25H42N6O6/c1-14(22(35)30(5)6)27-24(37)29-19(25(2,3)4)23(36)31-12-8-11-17(31)21(34)28-16(18(32)20(26)33)13-15-9-7-10-15/h14-17,19H,7-13H2,1-6H3,(H2,26,33)(H,28,34)(H2,27,29,37)/t14?,16?,17-,19?/m0/s1. The zero-order chi connectivity index (χ0) is 28.1. The van der Waals surface area contributed by atoms with Crippen molar-refractivity contribution in [3.05, 3.63) is 0 Å². The summed E-state index contributed by atoms with van der Waals surface area (Å²) in [5.41, 5.74) is 4.50. The largest absolute Gasteiger partial charge is 0.363 e. The summed E-state index contributed by atoms with van der Waals surface area (Å²) >= 11 is 0. The van der Waals surface area contributed by atoms with Gasteiger partial charge in [0.15, 0.2) is 0 Å². The van der Waals surface area contributed by atoms with Crippen molar-refractivity contribution < 1.29 is 28.8 Å². The molecule has 6 amide bonds. The molecule has 1 heterocycles. The number of nitrogens with two attached hydrogens (primary N) is 1. The van der Waals surface area contributed by atoms with Crippen molar-refractivity contribution in [1.29, 1.82) is 0 Å². The van der Waals surface area contributed by atoms with Crippen molar-refractivity contribution in [1.82, 2.24) is 25.8 Å². The summed E-state index contributed by atoms with van der Waals surface area (Å²) in [6.07, 6.45) is 4.18. The number of likely N-dealkylation sites (tertiary alicyclic amines) is 1. The highest BCUT2D eigenvalue weighted by Gasteiger charge is 2.43. The number of carbonyl (C=O) groups is 6. The zero-order valence-corrected chi connectivity index (χ0v) is 22.8. The third-order valence-electron chi connectivity index (χ3n) is 7.06. The van der Waals surface area contributed by atoms with Crippen molar-refractivity contribution in [2.45, 2.75) is 90.4 Å². The summed E-state index contributed by atoms with van der Waals surface area (Å²) in [7, 11) is 3.15. The quantitative estimate of drug-likeness (QED) is 0.292. The SMILES string of the molecule is CC(NC(=O)NC(C(=O)N1CCC[C@H]1C(=O)NC(CC1CCC1)C(=O)C(N)=O)C(C)(C)C)C(=O)N(C)C. The summed E-state index contributed by atoms with van der Waals surface area (Å²) in [5.74, 6) is -2.97. The molecule has 12 heteroatoms. The van der Waals surface area contributed by atoms with Gasteiger partial charge in [-0.3, -0.25) is 24.0 Å². The highest BCUT2D eigenvalue weighted by atomic mass is 16.2. The summed E-state index contributed by atoms with van der Waals surface area (Å²) in [6, 6.07) is -4.33. The molecule has 0 radical (unpaired) electrons. The number of likely N-dealkylation sites (N-methyl/N-ethyl adjacent to an activating group) is 1. The van der Waals surface area contributed by atoms with Crippen LogP contribution in [0.2, 0.25) is 0 Å². The molecule has 1 saturated heterocycles. The molecular weight excluding hydrogens is 480 g/mol. The topological polar surface area (TPSA) is 171 Å². The maximum Gasteiger partial charge on any atom is 0.316 e. The van der Waals surface area contributed by atoms with Crippen LogP contribution in [0.1, 0.15) is 66.2 Å². The van der Waals surface area contributed by atoms with Crippen LogP contribution in [-0.2, 0) is 24.0 Å². The Morgan fingerprint density at radius 1 is 0.973 bits per heavy atom. The van der Waals surface area contributed by atoms with Gasteiger partial charge in [-0.15, -0.1) is 0 Å². The van der Waals surface area contributed by atoms with Crippen molar-refractivity contribution in [2.75, 3.05) is 20.6 Å². The number of Topliss-reactive ketones (excluding diaryl/α,β-unsaturated/α-hetero) is 1. The molecule has 37 heavy (non-hydrogen) atoms. The first kappa shape index (κ1) is 30.0. The lowest BCUT2D eigenvalue weighted by Crippen LogP contribution is -2.61. The van der Waals surface area contributed by atoms with E-state index in [4.69, 9.17) is 5.73 Å². The summed E-state index contributed by atoms with van der Waals surface area (Å²) < 4.78 is 0. The van der Waals surface area contributed by atoms with Crippen molar-refractivity contribution >= 4 is 35.4 Å². The fraction of sp³-hybridized carbons (Fsp3) is 0.760. The van der Waals surface area contributed by atoms with E-state index in [2.05, 4.69) is 16.0 Å². The Bertz CT molecular complexity index is 910. The first-order chi connectivity index (χ1) is 17.1. The van der Waals surface area contributed by atoms with Crippen LogP contribution in [0, 0.1) is 11.3 Å². The van der Waals surface area contributed by atoms with Crippen LogP contribution in [0.25, 0.3) is 0 Å². The van der Waals surface area contributed by atoms with Crippen molar-refractivity contribution in [2.24, 2.45) is 17.1 Å². The Morgan fingerprint density at radius 2 is 1.59 bits per heavy atom. The molecule has 12 nitrogen and oxygen atoms in total. The molecule has 0 aromatic heterocycles. The van der Waals surface area contributed by atoms with E-state index in [1.54, 1.807) is 41.8 Å². The second kappa shape index (κ2) is 12.4. The Balaban J connectivity index is 2.14. The van der Waals surface area contributed by atoms with Crippen LogP contribution in [-0.4, -0.2) is 90.1 Å². The van der Waals surface area contributed by atoms with Gasteiger partial charge in [-0.2, -0.15) is 0 Å². The number of amides is 6. The lowest BCUT2D eigenvalue weighted by Gasteiger charge is -2.36. The molecule has 1 saturated carbocycles. The molecule has 208 valence electrons. The molecule has 0 bridgehead atoms. The normalized spacial score (nSPS) is 20.2. The molecule has 0 aromatic carbocycles. The fourth-order valence-corrected chi connectivity index (χ4v) is 4.67. The lowest BCUT2D eigenvalue weighted by atomic mass is 9.80. The summed E-state index contributed by atoms with van der Waals surface area (Å²) in [4.78, 5) is 78.3. The van der Waals surface area contributed by atoms with E-state index in [9.17, 15) is 28.8 Å². The minimum atomic E-state index is -1.10. The lowest BCUT2D eigenvalue weighted by molar-refractivity contribution is -0.143. The van der Waals surface area contributed by atoms with Gasteiger partial charge in [-0.25, -0.2) is 4.79 Å². The summed E-state index contributed by atoms with van der Waals surface area (Å²) in [6.45, 7) is 7.21. The first-order valence-corrected chi connectivity index (χ1v) is 12.9. The zero-order valence-electron chi connectivity index (χ0n) is 22.8. The Labute approximate surface area is 218 Å². The number of nitrogens with zero attached hydrogens (tertiary/aromatic N) is 2. The monoisotopic (exact) mass is 522 g/mol. The molecule has 4 atom stereocenters. The van der Waals surface area contributed by atoms with Crippen LogP contribution in [0.15, 0.2) is 0 Å². The van der Waals surface area contributed by atoms with Gasteiger partial charge in [-0.1, -0.05) is 40.0 Å². The minimum absolute atomic E-state index is 0.240. The second-order valence-corrected chi connectivity index (χ2v) is 11.4. The van der Waals surface area contributed by atoms with E-state index in [1.807, 2.05) is 0 Å². The molecule has 3 unspecified atom stereocenters. The third-order valence-corrected chi connectivity index (χ3v) is 7.06. The molecule has 1 aliphatic heterocycles. The van der Waals surface area contributed by atoms with E-state index in [1.165, 1.54) is 9.80 Å². The number of carbonyl (C=O) groups excluding carboxylic acids is 6. The van der Waals surface area contributed by atoms with E-state index >= 15 is 0 Å². The predicted molar refractivity (Wildman–Crippen MR) is 136 cm³/mol.